The number of carbonyl (C=O) groups excluding carboxylic acids is 1. The molecule has 5 nitrogen and oxygen atoms in total. The van der Waals surface area contributed by atoms with Gasteiger partial charge in [-0.1, -0.05) is 0 Å². The summed E-state index contributed by atoms with van der Waals surface area (Å²) in [5.74, 6) is -0.780. The summed E-state index contributed by atoms with van der Waals surface area (Å²) in [4.78, 5) is 15.0. The van der Waals surface area contributed by atoms with Crippen LogP contribution in [0.1, 0.15) is 40.7 Å². The number of nitrogens with two attached hydrogens (primary N) is 1. The molecule has 0 aliphatic carbocycles. The number of nitrogens with zero attached hydrogens (tertiary/aromatic N) is 2. The third-order valence-corrected chi connectivity index (χ3v) is 2.16. The van der Waals surface area contributed by atoms with Gasteiger partial charge in [0.1, 0.15) is 11.8 Å². The second-order valence-corrected chi connectivity index (χ2v) is 3.27. The van der Waals surface area contributed by atoms with Gasteiger partial charge in [0.2, 0.25) is 0 Å². The highest BCUT2D eigenvalue weighted by atomic mass is 19.3. The number of pyridine rings is 1. The molecule has 0 atom stereocenters. The molecule has 1 rings (SSSR count). The highest BCUT2D eigenvalue weighted by Gasteiger charge is 2.21. The van der Waals surface area contributed by atoms with Crippen molar-refractivity contribution in [1.82, 2.24) is 4.98 Å². The number of ether oxygens (including phenoxy) is 1. The van der Waals surface area contributed by atoms with Gasteiger partial charge in [0, 0.05) is 6.54 Å². The average molecular weight is 255 g/mol. The monoisotopic (exact) mass is 255 g/mol. The summed E-state index contributed by atoms with van der Waals surface area (Å²) >= 11 is 0. The Morgan fingerprint density at radius 1 is 1.67 bits per heavy atom. The van der Waals surface area contributed by atoms with E-state index in [1.807, 2.05) is 0 Å². The maximum Gasteiger partial charge on any atom is 0.341 e. The number of esters is 1. The molecule has 0 aromatic carbocycles. The Labute approximate surface area is 102 Å². The zero-order chi connectivity index (χ0) is 13.7. The Bertz CT molecular complexity index is 498. The first-order valence-corrected chi connectivity index (χ1v) is 5.14. The number of aromatic nitrogens is 1. The van der Waals surface area contributed by atoms with Gasteiger partial charge in [-0.2, -0.15) is 5.26 Å². The van der Waals surface area contributed by atoms with E-state index in [0.717, 1.165) is 6.07 Å². The predicted octanol–water partition coefficient (Wildman–Crippen LogP) is 1.53. The normalized spacial score (nSPS) is 10.2. The quantitative estimate of drug-likeness (QED) is 0.824. The van der Waals surface area contributed by atoms with Crippen LogP contribution < -0.4 is 5.73 Å². The lowest BCUT2D eigenvalue weighted by Crippen LogP contribution is -2.13. The number of halogens is 2. The van der Waals surface area contributed by atoms with Gasteiger partial charge >= 0.3 is 5.97 Å². The molecular formula is C11H11F2N3O2. The molecule has 0 aliphatic rings. The summed E-state index contributed by atoms with van der Waals surface area (Å²) in [7, 11) is 0. The topological polar surface area (TPSA) is 89.0 Å². The third-order valence-electron chi connectivity index (χ3n) is 2.16. The van der Waals surface area contributed by atoms with Crippen molar-refractivity contribution in [3.63, 3.8) is 0 Å². The molecule has 0 amide bonds. The fourth-order valence-corrected chi connectivity index (χ4v) is 1.37. The molecule has 7 heteroatoms. The van der Waals surface area contributed by atoms with Crippen LogP contribution in [-0.4, -0.2) is 17.6 Å². The van der Waals surface area contributed by atoms with E-state index >= 15 is 0 Å². The maximum absolute atomic E-state index is 12.7. The Morgan fingerprint density at radius 2 is 2.33 bits per heavy atom. The van der Waals surface area contributed by atoms with Crippen LogP contribution in [0.15, 0.2) is 6.07 Å². The Balaban J connectivity index is 3.36. The zero-order valence-corrected chi connectivity index (χ0v) is 9.61. The van der Waals surface area contributed by atoms with E-state index in [9.17, 15) is 13.6 Å². The number of carbonyl (C=O) groups is 1. The van der Waals surface area contributed by atoms with Crippen molar-refractivity contribution in [2.24, 2.45) is 5.73 Å². The SMILES string of the molecule is CCOC(=O)c1cc(CN)c(C(F)F)nc1C#N. The highest BCUT2D eigenvalue weighted by molar-refractivity contribution is 5.91. The van der Waals surface area contributed by atoms with Crippen molar-refractivity contribution in [1.29, 1.82) is 5.26 Å². The largest absolute Gasteiger partial charge is 0.462 e. The van der Waals surface area contributed by atoms with E-state index in [1.54, 1.807) is 13.0 Å². The van der Waals surface area contributed by atoms with Gasteiger partial charge in [-0.15, -0.1) is 0 Å². The third kappa shape index (κ3) is 2.78. The molecule has 96 valence electrons. The molecule has 1 heterocycles. The molecule has 0 bridgehead atoms. The molecule has 0 aliphatic heterocycles. The van der Waals surface area contributed by atoms with E-state index < -0.39 is 18.1 Å². The van der Waals surface area contributed by atoms with Gasteiger partial charge in [-0.3, -0.25) is 0 Å². The molecule has 0 fully saturated rings. The number of hydrogen-bond donors (Lipinski definition) is 1. The Hall–Kier alpha value is -2.07. The Kier molecular flexibility index (Phi) is 4.68. The van der Waals surface area contributed by atoms with Crippen LogP contribution in [0.3, 0.4) is 0 Å². The van der Waals surface area contributed by atoms with Crippen LogP contribution in [0.4, 0.5) is 8.78 Å². The van der Waals surface area contributed by atoms with Crippen molar-refractivity contribution in [2.45, 2.75) is 19.9 Å². The fraction of sp³-hybridized carbons (Fsp3) is 0.364. The molecule has 0 saturated carbocycles. The lowest BCUT2D eigenvalue weighted by Gasteiger charge is -2.10. The molecule has 0 spiro atoms. The second kappa shape index (κ2) is 6.02. The van der Waals surface area contributed by atoms with Crippen molar-refractivity contribution in [3.05, 3.63) is 28.6 Å². The van der Waals surface area contributed by atoms with E-state index in [0.29, 0.717) is 0 Å². The number of hydrogen-bond acceptors (Lipinski definition) is 5. The van der Waals surface area contributed by atoms with Crippen molar-refractivity contribution >= 4 is 5.97 Å². The number of rotatable bonds is 4. The molecular weight excluding hydrogens is 244 g/mol. The first-order valence-electron chi connectivity index (χ1n) is 5.14. The van der Waals surface area contributed by atoms with Crippen LogP contribution in [-0.2, 0) is 11.3 Å². The first kappa shape index (κ1) is 14.0. The first-order chi connectivity index (χ1) is 8.54. The number of nitriles is 1. The smallest absolute Gasteiger partial charge is 0.341 e. The molecule has 1 aromatic heterocycles. The highest BCUT2D eigenvalue weighted by Crippen LogP contribution is 2.23. The van der Waals surface area contributed by atoms with Crippen molar-refractivity contribution in [3.8, 4) is 6.07 Å². The van der Waals surface area contributed by atoms with E-state index in [-0.39, 0.29) is 30.0 Å². The summed E-state index contributed by atoms with van der Waals surface area (Å²) in [6.07, 6.45) is -2.85. The van der Waals surface area contributed by atoms with Gasteiger partial charge in [0.15, 0.2) is 5.69 Å². The minimum Gasteiger partial charge on any atom is -0.462 e. The lowest BCUT2D eigenvalue weighted by molar-refractivity contribution is 0.0524. The van der Waals surface area contributed by atoms with E-state index in [1.165, 1.54) is 0 Å². The summed E-state index contributed by atoms with van der Waals surface area (Å²) in [6, 6.07) is 2.73. The van der Waals surface area contributed by atoms with E-state index in [2.05, 4.69) is 4.98 Å². The summed E-state index contributed by atoms with van der Waals surface area (Å²) < 4.78 is 30.0. The van der Waals surface area contributed by atoms with Crippen LogP contribution in [0, 0.1) is 11.3 Å². The zero-order valence-electron chi connectivity index (χ0n) is 9.61. The van der Waals surface area contributed by atoms with Crippen molar-refractivity contribution in [2.75, 3.05) is 6.61 Å². The minimum atomic E-state index is -2.85. The summed E-state index contributed by atoms with van der Waals surface area (Å²) in [5, 5.41) is 8.81. The molecule has 18 heavy (non-hydrogen) atoms. The van der Waals surface area contributed by atoms with Crippen LogP contribution in [0.5, 0.6) is 0 Å². The van der Waals surface area contributed by atoms with Crippen LogP contribution in [0.25, 0.3) is 0 Å². The van der Waals surface area contributed by atoms with Gasteiger partial charge < -0.3 is 10.5 Å². The van der Waals surface area contributed by atoms with Crippen LogP contribution in [0.2, 0.25) is 0 Å². The standard InChI is InChI=1S/C11H11F2N3O2/c1-2-18-11(17)7-3-6(4-14)9(10(12)13)16-8(7)5-15/h3,10H,2,4,14H2,1H3. The van der Waals surface area contributed by atoms with Gasteiger partial charge in [-0.25, -0.2) is 18.6 Å². The Morgan fingerprint density at radius 3 is 2.78 bits per heavy atom. The van der Waals surface area contributed by atoms with Gasteiger partial charge in [0.25, 0.3) is 6.43 Å². The lowest BCUT2D eigenvalue weighted by atomic mass is 10.1. The molecule has 0 unspecified atom stereocenters. The fourth-order valence-electron chi connectivity index (χ4n) is 1.37. The van der Waals surface area contributed by atoms with Gasteiger partial charge in [0.05, 0.1) is 12.2 Å². The minimum absolute atomic E-state index is 0.0204. The summed E-state index contributed by atoms with van der Waals surface area (Å²) in [6.45, 7) is 1.50. The van der Waals surface area contributed by atoms with Gasteiger partial charge in [-0.05, 0) is 18.6 Å². The predicted molar refractivity (Wildman–Crippen MR) is 57.8 cm³/mol. The molecule has 0 saturated heterocycles. The molecule has 1 aromatic rings. The van der Waals surface area contributed by atoms with Crippen LogP contribution >= 0.6 is 0 Å². The number of alkyl halides is 2. The average Bonchev–Trinajstić information content (AvgIpc) is 2.37. The van der Waals surface area contributed by atoms with E-state index in [4.69, 9.17) is 15.7 Å². The second-order valence-electron chi connectivity index (χ2n) is 3.27. The molecule has 2 N–H and O–H groups in total. The summed E-state index contributed by atoms with van der Waals surface area (Å²) in [5.41, 5.74) is 4.22. The molecule has 0 radical (unpaired) electrons. The van der Waals surface area contributed by atoms with Crippen molar-refractivity contribution < 1.29 is 18.3 Å². The maximum atomic E-state index is 12.7.